The summed E-state index contributed by atoms with van der Waals surface area (Å²) in [6.45, 7) is 3.15. The molecule has 1 aliphatic heterocycles. The fourth-order valence-electron chi connectivity index (χ4n) is 3.37. The van der Waals surface area contributed by atoms with E-state index in [1.54, 1.807) is 18.3 Å². The van der Waals surface area contributed by atoms with Crippen LogP contribution in [0.2, 0.25) is 0 Å². The SMILES string of the molecule is Cc1ccc2c(-c3ccc(F)cc3)c(C3=CCOCC3)c[n+]([O-])c2c1. The van der Waals surface area contributed by atoms with Crippen LogP contribution in [0.15, 0.2) is 54.7 Å². The van der Waals surface area contributed by atoms with E-state index in [1.165, 1.54) is 12.1 Å². The molecule has 0 N–H and O–H groups in total. The van der Waals surface area contributed by atoms with E-state index in [1.807, 2.05) is 31.2 Å². The normalized spacial score (nSPS) is 14.6. The Morgan fingerprint density at radius 1 is 1.12 bits per heavy atom. The average molecular weight is 335 g/mol. The van der Waals surface area contributed by atoms with Gasteiger partial charge in [0.2, 0.25) is 5.52 Å². The summed E-state index contributed by atoms with van der Waals surface area (Å²) in [6, 6.07) is 12.3. The number of aryl methyl sites for hydroxylation is 1. The van der Waals surface area contributed by atoms with Gasteiger partial charge >= 0.3 is 0 Å². The summed E-state index contributed by atoms with van der Waals surface area (Å²) in [5.41, 5.74) is 5.50. The zero-order valence-corrected chi connectivity index (χ0v) is 14.0. The van der Waals surface area contributed by atoms with Crippen molar-refractivity contribution in [3.8, 4) is 11.1 Å². The lowest BCUT2D eigenvalue weighted by atomic mass is 9.90. The van der Waals surface area contributed by atoms with Gasteiger partial charge in [0, 0.05) is 11.6 Å². The van der Waals surface area contributed by atoms with Crippen molar-refractivity contribution in [3.05, 3.63) is 76.9 Å². The Bertz CT molecular complexity index is 977. The first-order valence-corrected chi connectivity index (χ1v) is 8.33. The summed E-state index contributed by atoms with van der Waals surface area (Å²) in [5.74, 6) is -0.273. The van der Waals surface area contributed by atoms with Crippen LogP contribution in [0.1, 0.15) is 17.5 Å². The molecule has 2 heterocycles. The molecule has 0 amide bonds. The molecule has 0 atom stereocenters. The fraction of sp³-hybridized carbons (Fsp3) is 0.190. The first-order valence-electron chi connectivity index (χ1n) is 8.33. The van der Waals surface area contributed by atoms with Gasteiger partial charge < -0.3 is 9.94 Å². The summed E-state index contributed by atoms with van der Waals surface area (Å²) in [7, 11) is 0. The van der Waals surface area contributed by atoms with E-state index in [9.17, 15) is 9.60 Å². The van der Waals surface area contributed by atoms with Gasteiger partial charge in [-0.2, -0.15) is 4.73 Å². The van der Waals surface area contributed by atoms with E-state index in [0.717, 1.165) is 44.4 Å². The molecule has 126 valence electrons. The van der Waals surface area contributed by atoms with Gasteiger partial charge in [0.25, 0.3) is 0 Å². The maximum absolute atomic E-state index is 13.4. The lowest BCUT2D eigenvalue weighted by Gasteiger charge is -2.18. The predicted octanol–water partition coefficient (Wildman–Crippen LogP) is 4.39. The van der Waals surface area contributed by atoms with E-state index in [2.05, 4.69) is 0 Å². The van der Waals surface area contributed by atoms with E-state index in [-0.39, 0.29) is 5.82 Å². The van der Waals surface area contributed by atoms with Crippen molar-refractivity contribution in [3.63, 3.8) is 0 Å². The quantitative estimate of drug-likeness (QED) is 0.514. The summed E-state index contributed by atoms with van der Waals surface area (Å²) in [4.78, 5) is 0. The minimum Gasteiger partial charge on any atom is -0.618 e. The smallest absolute Gasteiger partial charge is 0.224 e. The average Bonchev–Trinajstić information content (AvgIpc) is 2.64. The van der Waals surface area contributed by atoms with Crippen LogP contribution in [0.25, 0.3) is 27.6 Å². The zero-order valence-electron chi connectivity index (χ0n) is 14.0. The number of ether oxygens (including phenoxy) is 1. The maximum atomic E-state index is 13.4. The molecule has 1 aliphatic rings. The van der Waals surface area contributed by atoms with Crippen molar-refractivity contribution in [2.45, 2.75) is 13.3 Å². The van der Waals surface area contributed by atoms with E-state index in [4.69, 9.17) is 4.74 Å². The van der Waals surface area contributed by atoms with Crippen molar-refractivity contribution < 1.29 is 13.9 Å². The molecule has 0 fully saturated rings. The van der Waals surface area contributed by atoms with Crippen molar-refractivity contribution in [2.75, 3.05) is 13.2 Å². The molecule has 4 rings (SSSR count). The third kappa shape index (κ3) is 2.89. The highest BCUT2D eigenvalue weighted by Gasteiger charge is 2.21. The van der Waals surface area contributed by atoms with Crippen LogP contribution in [-0.2, 0) is 4.74 Å². The summed E-state index contributed by atoms with van der Waals surface area (Å²) >= 11 is 0. The van der Waals surface area contributed by atoms with Crippen LogP contribution < -0.4 is 4.73 Å². The zero-order chi connectivity index (χ0) is 17.4. The van der Waals surface area contributed by atoms with Crippen molar-refractivity contribution in [2.24, 2.45) is 0 Å². The standard InChI is InChI=1S/C21H18FNO2/c1-14-2-7-18-20(12-14)23(24)13-19(15-8-10-25-11-9-15)21(18)16-3-5-17(22)6-4-16/h2-8,12-13H,9-11H2,1H3. The largest absolute Gasteiger partial charge is 0.618 e. The molecule has 1 aromatic heterocycles. The Morgan fingerprint density at radius 3 is 2.64 bits per heavy atom. The monoisotopic (exact) mass is 335 g/mol. The molecule has 0 aliphatic carbocycles. The Kier molecular flexibility index (Phi) is 3.98. The van der Waals surface area contributed by atoms with Gasteiger partial charge in [-0.25, -0.2) is 4.39 Å². The van der Waals surface area contributed by atoms with Crippen LogP contribution in [0, 0.1) is 17.9 Å². The van der Waals surface area contributed by atoms with Gasteiger partial charge in [-0.15, -0.1) is 0 Å². The van der Waals surface area contributed by atoms with Gasteiger partial charge in [0.05, 0.1) is 24.2 Å². The lowest BCUT2D eigenvalue weighted by molar-refractivity contribution is -0.577. The van der Waals surface area contributed by atoms with Gasteiger partial charge in [-0.3, -0.25) is 0 Å². The molecule has 3 aromatic rings. The lowest BCUT2D eigenvalue weighted by Crippen LogP contribution is -2.28. The molecular formula is C21H18FNO2. The third-order valence-corrected chi connectivity index (χ3v) is 4.62. The topological polar surface area (TPSA) is 36.2 Å². The number of fused-ring (bicyclic) bond motifs is 1. The Morgan fingerprint density at radius 2 is 1.92 bits per heavy atom. The summed E-state index contributed by atoms with van der Waals surface area (Å²) in [6.07, 6.45) is 4.41. The molecule has 3 nitrogen and oxygen atoms in total. The number of pyridine rings is 1. The Balaban J connectivity index is 2.06. The summed E-state index contributed by atoms with van der Waals surface area (Å²) in [5, 5.41) is 13.5. The van der Waals surface area contributed by atoms with Crippen LogP contribution in [0.4, 0.5) is 4.39 Å². The number of nitrogens with zero attached hydrogens (tertiary/aromatic N) is 1. The first kappa shape index (κ1) is 15.8. The molecule has 0 spiro atoms. The van der Waals surface area contributed by atoms with Crippen LogP contribution in [0.5, 0.6) is 0 Å². The van der Waals surface area contributed by atoms with Crippen molar-refractivity contribution in [1.82, 2.24) is 0 Å². The Labute approximate surface area is 145 Å². The van der Waals surface area contributed by atoms with Crippen LogP contribution >= 0.6 is 0 Å². The van der Waals surface area contributed by atoms with E-state index < -0.39 is 0 Å². The second kappa shape index (κ2) is 6.30. The predicted molar refractivity (Wildman–Crippen MR) is 96.5 cm³/mol. The second-order valence-electron chi connectivity index (χ2n) is 6.33. The van der Waals surface area contributed by atoms with Crippen LogP contribution in [-0.4, -0.2) is 13.2 Å². The molecule has 0 saturated carbocycles. The first-order chi connectivity index (χ1) is 12.1. The fourth-order valence-corrected chi connectivity index (χ4v) is 3.37. The number of rotatable bonds is 2. The van der Waals surface area contributed by atoms with Gasteiger partial charge in [0.1, 0.15) is 5.82 Å². The third-order valence-electron chi connectivity index (χ3n) is 4.62. The maximum Gasteiger partial charge on any atom is 0.224 e. The number of benzene rings is 2. The molecule has 0 unspecified atom stereocenters. The van der Waals surface area contributed by atoms with Crippen molar-refractivity contribution >= 4 is 16.5 Å². The molecule has 4 heteroatoms. The highest BCUT2D eigenvalue weighted by Crippen LogP contribution is 2.36. The van der Waals surface area contributed by atoms with Crippen LogP contribution in [0.3, 0.4) is 0 Å². The van der Waals surface area contributed by atoms with Gasteiger partial charge in [0.15, 0.2) is 6.20 Å². The van der Waals surface area contributed by atoms with E-state index in [0.29, 0.717) is 18.7 Å². The number of aromatic nitrogens is 1. The van der Waals surface area contributed by atoms with Crippen molar-refractivity contribution in [1.29, 1.82) is 0 Å². The summed E-state index contributed by atoms with van der Waals surface area (Å²) < 4.78 is 19.7. The minimum absolute atomic E-state index is 0.273. The highest BCUT2D eigenvalue weighted by atomic mass is 19.1. The van der Waals surface area contributed by atoms with E-state index >= 15 is 0 Å². The highest BCUT2D eigenvalue weighted by molar-refractivity contribution is 5.99. The molecule has 25 heavy (non-hydrogen) atoms. The number of halogens is 1. The second-order valence-corrected chi connectivity index (χ2v) is 6.33. The molecule has 0 bridgehead atoms. The number of hydrogen-bond acceptors (Lipinski definition) is 2. The number of hydrogen-bond donors (Lipinski definition) is 0. The molecule has 2 aromatic carbocycles. The minimum atomic E-state index is -0.273. The molecule has 0 saturated heterocycles. The van der Waals surface area contributed by atoms with Gasteiger partial charge in [-0.05, 0) is 48.2 Å². The van der Waals surface area contributed by atoms with Gasteiger partial charge in [-0.1, -0.05) is 24.3 Å². The molecular weight excluding hydrogens is 317 g/mol. The Hall–Kier alpha value is -2.72. The molecule has 0 radical (unpaired) electrons.